The quantitative estimate of drug-likeness (QED) is 0.515. The maximum Gasteiger partial charge on any atom is 0.127 e. The highest BCUT2D eigenvalue weighted by Crippen LogP contribution is 2.38. The van der Waals surface area contributed by atoms with Crippen LogP contribution >= 0.6 is 50.7 Å². The number of hydrogen-bond donors (Lipinski definition) is 0. The van der Waals surface area contributed by atoms with Gasteiger partial charge in [-0.15, -0.1) is 0 Å². The fourth-order valence-corrected chi connectivity index (χ4v) is 3.08. The third-order valence-electron chi connectivity index (χ3n) is 2.79. The van der Waals surface area contributed by atoms with Crippen LogP contribution in [0.5, 0.6) is 0 Å². The van der Waals surface area contributed by atoms with E-state index in [4.69, 9.17) is 34.8 Å². The molecule has 1 unspecified atom stereocenters. The lowest BCUT2D eigenvalue weighted by Crippen LogP contribution is -1.96. The van der Waals surface area contributed by atoms with Crippen LogP contribution in [0.4, 0.5) is 4.39 Å². The van der Waals surface area contributed by atoms with E-state index in [0.29, 0.717) is 20.6 Å². The molecular weight excluding hydrogens is 373 g/mol. The van der Waals surface area contributed by atoms with Crippen LogP contribution in [0.1, 0.15) is 21.5 Å². The Morgan fingerprint density at radius 1 is 1.00 bits per heavy atom. The lowest BCUT2D eigenvalue weighted by Gasteiger charge is -2.14. The Bertz CT molecular complexity index is 628. The molecule has 0 aliphatic rings. The molecule has 100 valence electrons. The van der Waals surface area contributed by atoms with E-state index in [1.807, 2.05) is 6.07 Å². The predicted octanol–water partition coefficient (Wildman–Crippen LogP) is 6.58. The molecule has 0 aromatic heterocycles. The van der Waals surface area contributed by atoms with E-state index >= 15 is 0 Å². The lowest BCUT2D eigenvalue weighted by molar-refractivity contribution is 0.618. The summed E-state index contributed by atoms with van der Waals surface area (Å²) in [6, 6.07) is 8.37. The van der Waals surface area contributed by atoms with E-state index < -0.39 is 0 Å². The zero-order valence-corrected chi connectivity index (χ0v) is 13.7. The van der Waals surface area contributed by atoms with Crippen molar-refractivity contribution in [3.05, 3.63) is 67.9 Å². The fourth-order valence-electron chi connectivity index (χ4n) is 1.72. The van der Waals surface area contributed by atoms with E-state index in [9.17, 15) is 4.39 Å². The Morgan fingerprint density at radius 3 is 2.32 bits per heavy atom. The van der Waals surface area contributed by atoms with Crippen LogP contribution in [-0.4, -0.2) is 0 Å². The first-order valence-electron chi connectivity index (χ1n) is 5.44. The number of hydrogen-bond acceptors (Lipinski definition) is 0. The molecule has 0 aliphatic heterocycles. The van der Waals surface area contributed by atoms with Crippen molar-refractivity contribution in [3.63, 3.8) is 0 Å². The molecule has 0 saturated heterocycles. The minimum atomic E-state index is -0.317. The predicted molar refractivity (Wildman–Crippen MR) is 83.4 cm³/mol. The normalized spacial score (nSPS) is 12.5. The largest absolute Gasteiger partial charge is 0.207 e. The monoisotopic (exact) mass is 380 g/mol. The average Bonchev–Trinajstić information content (AvgIpc) is 2.36. The molecule has 0 nitrogen and oxygen atoms in total. The van der Waals surface area contributed by atoms with Gasteiger partial charge in [-0.2, -0.15) is 0 Å². The molecule has 19 heavy (non-hydrogen) atoms. The minimum absolute atomic E-state index is 0.172. The highest BCUT2D eigenvalue weighted by atomic mass is 79.9. The van der Waals surface area contributed by atoms with Crippen molar-refractivity contribution < 1.29 is 4.39 Å². The molecule has 1 atom stereocenters. The number of alkyl halides is 1. The highest BCUT2D eigenvalue weighted by Gasteiger charge is 2.16. The SMILES string of the molecule is Cc1cc(C(Br)c2ccc(Cl)c(Cl)c2)c(Cl)cc1F. The summed E-state index contributed by atoms with van der Waals surface area (Å²) in [6.07, 6.45) is 0. The first-order chi connectivity index (χ1) is 8.90. The first kappa shape index (κ1) is 15.1. The van der Waals surface area contributed by atoms with Gasteiger partial charge in [0.2, 0.25) is 0 Å². The topological polar surface area (TPSA) is 0 Å². The molecule has 0 bridgehead atoms. The van der Waals surface area contributed by atoms with Crippen molar-refractivity contribution >= 4 is 50.7 Å². The van der Waals surface area contributed by atoms with E-state index in [-0.39, 0.29) is 10.6 Å². The van der Waals surface area contributed by atoms with Crippen LogP contribution < -0.4 is 0 Å². The Morgan fingerprint density at radius 2 is 1.68 bits per heavy atom. The molecule has 2 aromatic rings. The van der Waals surface area contributed by atoms with Crippen LogP contribution in [0.25, 0.3) is 0 Å². The summed E-state index contributed by atoms with van der Waals surface area (Å²) in [5.74, 6) is -0.317. The van der Waals surface area contributed by atoms with E-state index in [0.717, 1.165) is 11.1 Å². The van der Waals surface area contributed by atoms with Gasteiger partial charge in [-0.25, -0.2) is 4.39 Å². The van der Waals surface area contributed by atoms with Crippen molar-refractivity contribution in [1.29, 1.82) is 0 Å². The lowest BCUT2D eigenvalue weighted by atomic mass is 10.0. The van der Waals surface area contributed by atoms with E-state index in [1.165, 1.54) is 6.07 Å². The van der Waals surface area contributed by atoms with Gasteiger partial charge >= 0.3 is 0 Å². The Labute approximate surface area is 134 Å². The zero-order chi connectivity index (χ0) is 14.2. The third-order valence-corrected chi connectivity index (χ3v) is 4.88. The van der Waals surface area contributed by atoms with Crippen LogP contribution in [0.15, 0.2) is 30.3 Å². The first-order valence-corrected chi connectivity index (χ1v) is 7.49. The van der Waals surface area contributed by atoms with Crippen LogP contribution in [-0.2, 0) is 0 Å². The second kappa shape index (κ2) is 6.01. The zero-order valence-electron chi connectivity index (χ0n) is 9.85. The standard InChI is InChI=1S/C14H9BrCl3F/c1-7-4-9(11(17)6-13(7)19)14(15)8-2-3-10(16)12(18)5-8/h2-6,14H,1H3. The van der Waals surface area contributed by atoms with Gasteiger partial charge in [0.15, 0.2) is 0 Å². The van der Waals surface area contributed by atoms with Crippen molar-refractivity contribution in [2.45, 2.75) is 11.8 Å². The molecule has 0 spiro atoms. The summed E-state index contributed by atoms with van der Waals surface area (Å²) in [7, 11) is 0. The molecule has 2 aromatic carbocycles. The second-order valence-electron chi connectivity index (χ2n) is 4.16. The van der Waals surface area contributed by atoms with Gasteiger partial charge in [-0.3, -0.25) is 0 Å². The number of rotatable bonds is 2. The molecule has 0 amide bonds. The summed E-state index contributed by atoms with van der Waals surface area (Å²) in [5, 5.41) is 1.33. The average molecular weight is 382 g/mol. The van der Waals surface area contributed by atoms with Crippen LogP contribution in [0.3, 0.4) is 0 Å². The number of benzene rings is 2. The highest BCUT2D eigenvalue weighted by molar-refractivity contribution is 9.09. The van der Waals surface area contributed by atoms with Crippen molar-refractivity contribution in [1.82, 2.24) is 0 Å². The smallest absolute Gasteiger partial charge is 0.127 e. The molecule has 0 aliphatic carbocycles. The molecule has 5 heteroatoms. The molecule has 0 fully saturated rings. The van der Waals surface area contributed by atoms with Gasteiger partial charge in [0.05, 0.1) is 14.9 Å². The Balaban J connectivity index is 2.46. The summed E-state index contributed by atoms with van der Waals surface area (Å²) in [4.78, 5) is -0.172. The molecule has 0 heterocycles. The minimum Gasteiger partial charge on any atom is -0.207 e. The van der Waals surface area contributed by atoms with Crippen LogP contribution in [0, 0.1) is 12.7 Å². The number of halogens is 5. The van der Waals surface area contributed by atoms with Gasteiger partial charge in [-0.05, 0) is 41.8 Å². The fraction of sp³-hybridized carbons (Fsp3) is 0.143. The molecule has 0 N–H and O–H groups in total. The summed E-state index contributed by atoms with van der Waals surface area (Å²) in [6.45, 7) is 1.70. The van der Waals surface area contributed by atoms with Gasteiger partial charge in [0, 0.05) is 5.02 Å². The van der Waals surface area contributed by atoms with Gasteiger partial charge in [0.1, 0.15) is 5.82 Å². The van der Waals surface area contributed by atoms with E-state index in [1.54, 1.807) is 25.1 Å². The van der Waals surface area contributed by atoms with Gasteiger partial charge in [-0.1, -0.05) is 62.9 Å². The maximum atomic E-state index is 13.4. The summed E-state index contributed by atoms with van der Waals surface area (Å²) < 4.78 is 13.4. The summed E-state index contributed by atoms with van der Waals surface area (Å²) in [5.41, 5.74) is 2.24. The second-order valence-corrected chi connectivity index (χ2v) is 6.30. The molecule has 0 radical (unpaired) electrons. The van der Waals surface area contributed by atoms with Crippen LogP contribution in [0.2, 0.25) is 15.1 Å². The Kier molecular flexibility index (Phi) is 4.78. The molecular formula is C14H9BrCl3F. The number of aryl methyl sites for hydroxylation is 1. The van der Waals surface area contributed by atoms with Gasteiger partial charge in [0.25, 0.3) is 0 Å². The van der Waals surface area contributed by atoms with E-state index in [2.05, 4.69) is 15.9 Å². The van der Waals surface area contributed by atoms with Crippen molar-refractivity contribution in [2.24, 2.45) is 0 Å². The molecule has 0 saturated carbocycles. The van der Waals surface area contributed by atoms with Crippen molar-refractivity contribution in [3.8, 4) is 0 Å². The Hall–Kier alpha value is -0.280. The van der Waals surface area contributed by atoms with Crippen molar-refractivity contribution in [2.75, 3.05) is 0 Å². The summed E-state index contributed by atoms with van der Waals surface area (Å²) >= 11 is 21.5. The third kappa shape index (κ3) is 3.25. The molecule has 2 rings (SSSR count). The van der Waals surface area contributed by atoms with Gasteiger partial charge < -0.3 is 0 Å². The maximum absolute atomic E-state index is 13.4.